The number of aromatic nitrogens is 5. The lowest BCUT2D eigenvalue weighted by Crippen LogP contribution is -2.70. The number of rotatable bonds is 5. The van der Waals surface area contributed by atoms with Gasteiger partial charge in [-0.25, -0.2) is 9.78 Å². The molecule has 1 aromatic carbocycles. The van der Waals surface area contributed by atoms with Crippen LogP contribution in [-0.4, -0.2) is 61.3 Å². The fourth-order valence-electron chi connectivity index (χ4n) is 5.03. The van der Waals surface area contributed by atoms with Gasteiger partial charge in [0.2, 0.25) is 11.8 Å². The van der Waals surface area contributed by atoms with Gasteiger partial charge in [-0.05, 0) is 51.1 Å². The number of amides is 2. The number of piperidine rings is 1. The molecule has 0 radical (unpaired) electrons. The minimum atomic E-state index is -0.565. The molecule has 1 saturated carbocycles. The van der Waals surface area contributed by atoms with E-state index < -0.39 is 5.54 Å². The van der Waals surface area contributed by atoms with E-state index in [1.54, 1.807) is 18.2 Å². The summed E-state index contributed by atoms with van der Waals surface area (Å²) < 4.78 is 6.02. The number of nitrogens with one attached hydrogen (secondary N) is 2. The van der Waals surface area contributed by atoms with Crippen LogP contribution in [0.3, 0.4) is 0 Å². The zero-order valence-electron chi connectivity index (χ0n) is 18.2. The summed E-state index contributed by atoms with van der Waals surface area (Å²) in [5.41, 5.74) is 0.724. The standard InChI is InChI=1S/C21H25ClN8O2/c1-12-6-14-9-21(8-12,19-28-26-17(32-19)10-29(2)3)30(14)20(31)25-13-4-5-16(22)15(7-13)18-23-11-24-27-18/h4-5,7,11-12,14H,6,8-10H2,1-3H3,(H,25,31)(H,23,24,27)/t12-,14+,21-/m0/s1. The maximum atomic E-state index is 13.4. The van der Waals surface area contributed by atoms with Crippen molar-refractivity contribution >= 4 is 23.3 Å². The van der Waals surface area contributed by atoms with Gasteiger partial charge in [0.25, 0.3) is 0 Å². The zero-order valence-corrected chi connectivity index (χ0v) is 18.9. The van der Waals surface area contributed by atoms with E-state index in [2.05, 4.69) is 37.6 Å². The van der Waals surface area contributed by atoms with E-state index in [9.17, 15) is 4.79 Å². The van der Waals surface area contributed by atoms with Gasteiger partial charge in [-0.1, -0.05) is 18.5 Å². The Bertz CT molecular complexity index is 1130. The molecule has 1 aliphatic carbocycles. The Morgan fingerprint density at radius 1 is 1.38 bits per heavy atom. The number of nitrogens with zero attached hydrogens (tertiary/aromatic N) is 6. The SMILES string of the molecule is C[C@H]1C[C@@H]2C[C@](c3nnc(CN(C)C)o3)(C1)N2C(=O)Nc1ccc(Cl)c(-c2ncn[nH]2)c1. The van der Waals surface area contributed by atoms with Gasteiger partial charge in [0, 0.05) is 23.7 Å². The minimum absolute atomic E-state index is 0.143. The molecular formula is C21H25ClN8O2. The van der Waals surface area contributed by atoms with Crippen LogP contribution in [0, 0.1) is 5.92 Å². The van der Waals surface area contributed by atoms with E-state index >= 15 is 0 Å². The van der Waals surface area contributed by atoms with Crippen molar-refractivity contribution in [3.05, 3.63) is 41.3 Å². The Hall–Kier alpha value is -2.98. The summed E-state index contributed by atoms with van der Waals surface area (Å²) in [6, 6.07) is 5.24. The topological polar surface area (TPSA) is 116 Å². The lowest BCUT2D eigenvalue weighted by molar-refractivity contribution is -0.110. The Morgan fingerprint density at radius 3 is 2.97 bits per heavy atom. The number of carbonyl (C=O) groups is 1. The van der Waals surface area contributed by atoms with Gasteiger partial charge in [0.05, 0.1) is 11.6 Å². The predicted octanol–water partition coefficient (Wildman–Crippen LogP) is 3.50. The van der Waals surface area contributed by atoms with Crippen LogP contribution < -0.4 is 5.32 Å². The van der Waals surface area contributed by atoms with Crippen LogP contribution in [0.25, 0.3) is 11.4 Å². The zero-order chi connectivity index (χ0) is 22.5. The van der Waals surface area contributed by atoms with Gasteiger partial charge in [0.1, 0.15) is 11.9 Å². The van der Waals surface area contributed by atoms with Crippen molar-refractivity contribution in [2.45, 2.75) is 44.3 Å². The summed E-state index contributed by atoms with van der Waals surface area (Å²) in [7, 11) is 3.90. The molecule has 3 atom stereocenters. The molecule has 2 saturated heterocycles. The van der Waals surface area contributed by atoms with Gasteiger partial charge < -0.3 is 19.5 Å². The highest BCUT2D eigenvalue weighted by Crippen LogP contribution is 2.55. The summed E-state index contributed by atoms with van der Waals surface area (Å²) >= 11 is 6.32. The minimum Gasteiger partial charge on any atom is -0.421 e. The molecule has 3 aromatic rings. The molecule has 2 aliphatic heterocycles. The third kappa shape index (κ3) is 3.53. The third-order valence-electron chi connectivity index (χ3n) is 6.18. The molecule has 11 heteroatoms. The monoisotopic (exact) mass is 456 g/mol. The second-order valence-corrected chi connectivity index (χ2v) is 9.41. The first-order chi connectivity index (χ1) is 15.4. The van der Waals surface area contributed by atoms with Gasteiger partial charge in [0.15, 0.2) is 5.82 Å². The van der Waals surface area contributed by atoms with E-state index in [-0.39, 0.29) is 12.1 Å². The average Bonchev–Trinajstić information content (AvgIpc) is 3.40. The maximum absolute atomic E-state index is 13.4. The van der Waals surface area contributed by atoms with Crippen molar-refractivity contribution < 1.29 is 9.21 Å². The molecule has 0 spiro atoms. The summed E-state index contributed by atoms with van der Waals surface area (Å²) in [4.78, 5) is 21.4. The van der Waals surface area contributed by atoms with Crippen LogP contribution in [0.5, 0.6) is 0 Å². The van der Waals surface area contributed by atoms with E-state index in [1.807, 2.05) is 23.9 Å². The van der Waals surface area contributed by atoms with E-state index in [0.717, 1.165) is 19.3 Å². The number of H-pyrrole nitrogens is 1. The van der Waals surface area contributed by atoms with Crippen molar-refractivity contribution in [1.82, 2.24) is 35.2 Å². The first-order valence-electron chi connectivity index (χ1n) is 10.6. The second-order valence-electron chi connectivity index (χ2n) is 9.00. The lowest BCUT2D eigenvalue weighted by Gasteiger charge is -2.61. The lowest BCUT2D eigenvalue weighted by atomic mass is 9.64. The quantitative estimate of drug-likeness (QED) is 0.603. The van der Waals surface area contributed by atoms with Crippen molar-refractivity contribution in [3.63, 3.8) is 0 Å². The number of anilines is 1. The van der Waals surface area contributed by atoms with E-state index in [1.165, 1.54) is 6.33 Å². The number of hydrogen-bond acceptors (Lipinski definition) is 7. The van der Waals surface area contributed by atoms with Crippen LogP contribution in [-0.2, 0) is 12.1 Å². The number of fused-ring (bicyclic) bond motifs is 2. The summed E-state index contributed by atoms with van der Waals surface area (Å²) in [6.07, 6.45) is 4.00. The molecule has 10 nitrogen and oxygen atoms in total. The average molecular weight is 457 g/mol. The van der Waals surface area contributed by atoms with Gasteiger partial charge in [-0.3, -0.25) is 5.10 Å². The molecular weight excluding hydrogens is 432 g/mol. The van der Waals surface area contributed by atoms with Crippen LogP contribution in [0.1, 0.15) is 38.0 Å². The Balaban J connectivity index is 1.41. The number of carbonyl (C=O) groups excluding carboxylic acids is 1. The van der Waals surface area contributed by atoms with Crippen LogP contribution in [0.2, 0.25) is 5.02 Å². The van der Waals surface area contributed by atoms with E-state index in [0.29, 0.717) is 46.3 Å². The highest BCUT2D eigenvalue weighted by molar-refractivity contribution is 6.33. The Morgan fingerprint density at radius 2 is 2.22 bits per heavy atom. The van der Waals surface area contributed by atoms with Gasteiger partial charge in [-0.2, -0.15) is 5.10 Å². The third-order valence-corrected chi connectivity index (χ3v) is 6.51. The highest BCUT2D eigenvalue weighted by Gasteiger charge is 2.62. The second kappa shape index (κ2) is 7.86. The largest absolute Gasteiger partial charge is 0.421 e. The number of urea groups is 1. The molecule has 3 fully saturated rings. The predicted molar refractivity (Wildman–Crippen MR) is 118 cm³/mol. The smallest absolute Gasteiger partial charge is 0.323 e. The van der Waals surface area contributed by atoms with Gasteiger partial charge in [-0.15, -0.1) is 10.2 Å². The number of halogens is 1. The molecule has 4 heterocycles. The number of aromatic amines is 1. The number of hydrogen-bond donors (Lipinski definition) is 2. The highest BCUT2D eigenvalue weighted by atomic mass is 35.5. The Labute approximate surface area is 190 Å². The fraction of sp³-hybridized carbons (Fsp3) is 0.476. The van der Waals surface area contributed by atoms with Crippen LogP contribution >= 0.6 is 11.6 Å². The van der Waals surface area contributed by atoms with Crippen LogP contribution in [0.15, 0.2) is 28.9 Å². The van der Waals surface area contributed by atoms with Crippen molar-refractivity contribution in [3.8, 4) is 11.4 Å². The first kappa shape index (κ1) is 20.9. The van der Waals surface area contributed by atoms with Crippen molar-refractivity contribution in [1.29, 1.82) is 0 Å². The molecule has 2 N–H and O–H groups in total. The molecule has 32 heavy (non-hydrogen) atoms. The molecule has 3 aliphatic rings. The molecule has 6 rings (SSSR count). The fourth-order valence-corrected chi connectivity index (χ4v) is 5.24. The van der Waals surface area contributed by atoms with Crippen molar-refractivity contribution in [2.24, 2.45) is 5.92 Å². The molecule has 2 bridgehead atoms. The summed E-state index contributed by atoms with van der Waals surface area (Å²) in [5, 5.41) is 18.8. The van der Waals surface area contributed by atoms with Crippen LogP contribution in [0.4, 0.5) is 10.5 Å². The molecule has 168 valence electrons. The molecule has 2 aromatic heterocycles. The van der Waals surface area contributed by atoms with E-state index in [4.69, 9.17) is 16.0 Å². The normalized spacial score (nSPS) is 24.5. The number of benzene rings is 1. The Kier molecular flexibility index (Phi) is 5.13. The molecule has 0 unspecified atom stereocenters. The first-order valence-corrected chi connectivity index (χ1v) is 11.0. The van der Waals surface area contributed by atoms with Gasteiger partial charge >= 0.3 is 6.03 Å². The summed E-state index contributed by atoms with van der Waals surface area (Å²) in [6.45, 7) is 2.76. The summed E-state index contributed by atoms with van der Waals surface area (Å²) in [5.74, 6) is 2.08. The maximum Gasteiger partial charge on any atom is 0.323 e. The molecule has 2 amide bonds. The van der Waals surface area contributed by atoms with Crippen molar-refractivity contribution in [2.75, 3.05) is 19.4 Å².